The van der Waals surface area contributed by atoms with Crippen molar-refractivity contribution in [1.82, 2.24) is 9.47 Å². The van der Waals surface area contributed by atoms with Crippen molar-refractivity contribution in [2.45, 2.75) is 52.6 Å². The average Bonchev–Trinajstić information content (AvgIpc) is 3.26. The fourth-order valence-electron chi connectivity index (χ4n) is 3.70. The molecular formula is C21H26N2O5. The van der Waals surface area contributed by atoms with E-state index >= 15 is 0 Å². The summed E-state index contributed by atoms with van der Waals surface area (Å²) in [4.78, 5) is 40.2. The lowest BCUT2D eigenvalue weighted by atomic mass is 9.99. The summed E-state index contributed by atoms with van der Waals surface area (Å²) in [6.07, 6.45) is 3.18. The quantitative estimate of drug-likeness (QED) is 0.539. The molecule has 2 aromatic rings. The maximum absolute atomic E-state index is 13.4. The Bertz CT molecular complexity index is 906. The molecule has 1 saturated carbocycles. The van der Waals surface area contributed by atoms with Crippen LogP contribution in [0.25, 0.3) is 0 Å². The van der Waals surface area contributed by atoms with Gasteiger partial charge >= 0.3 is 5.97 Å². The fourth-order valence-corrected chi connectivity index (χ4v) is 3.70. The molecule has 1 unspecified atom stereocenters. The molecule has 28 heavy (non-hydrogen) atoms. The number of ether oxygens (including phenoxy) is 1. The molecule has 1 amide bonds. The molecule has 0 spiro atoms. The zero-order chi connectivity index (χ0) is 20.6. The number of Topliss-reactive ketones (excluding diaryl/α,β-unsaturated/α-hetero) is 1. The van der Waals surface area contributed by atoms with Crippen LogP contribution in [-0.4, -0.2) is 45.8 Å². The lowest BCUT2D eigenvalue weighted by Crippen LogP contribution is -2.45. The van der Waals surface area contributed by atoms with Crippen molar-refractivity contribution in [2.75, 3.05) is 6.61 Å². The number of hydrogen-bond donors (Lipinski definition) is 0. The van der Waals surface area contributed by atoms with Crippen molar-refractivity contribution in [1.29, 1.82) is 0 Å². The molecule has 7 heteroatoms. The number of carbonyl (C=O) groups excluding carboxylic acids is 3. The molecule has 0 aromatic carbocycles. The molecule has 7 nitrogen and oxygen atoms in total. The first-order valence-corrected chi connectivity index (χ1v) is 9.52. The lowest BCUT2D eigenvalue weighted by molar-refractivity contribution is 0.0513. The monoisotopic (exact) mass is 386 g/mol. The Morgan fingerprint density at radius 2 is 2.00 bits per heavy atom. The normalized spacial score (nSPS) is 14.6. The maximum Gasteiger partial charge on any atom is 0.355 e. The Balaban J connectivity index is 1.95. The number of nitrogens with zero attached hydrogens (tertiary/aromatic N) is 2. The van der Waals surface area contributed by atoms with Gasteiger partial charge < -0.3 is 18.6 Å². The van der Waals surface area contributed by atoms with E-state index in [1.165, 1.54) is 6.26 Å². The van der Waals surface area contributed by atoms with Gasteiger partial charge in [0.2, 0.25) is 0 Å². The first-order chi connectivity index (χ1) is 13.3. The van der Waals surface area contributed by atoms with Gasteiger partial charge in [0.15, 0.2) is 11.5 Å². The minimum atomic E-state index is -0.667. The maximum atomic E-state index is 13.4. The standard InChI is InChI=1S/C21H26N2O5/c1-6-27-21(26)18-12(2)17(13(3)22(18)5)19(24)14(4)23(15-9-10-15)20(25)16-8-7-11-28-16/h7-8,11,14-15H,6,9-10H2,1-5H3. The fraction of sp³-hybridized carbons (Fsp3) is 0.476. The molecule has 1 aliphatic carbocycles. The third-order valence-electron chi connectivity index (χ3n) is 5.35. The van der Waals surface area contributed by atoms with Crippen LogP contribution in [0.15, 0.2) is 22.8 Å². The molecule has 2 aromatic heterocycles. The summed E-state index contributed by atoms with van der Waals surface area (Å²) in [5.41, 5.74) is 2.09. The van der Waals surface area contributed by atoms with Crippen LogP contribution in [0.5, 0.6) is 0 Å². The molecule has 0 bridgehead atoms. The molecule has 1 atom stereocenters. The van der Waals surface area contributed by atoms with E-state index in [9.17, 15) is 14.4 Å². The second-order valence-corrected chi connectivity index (χ2v) is 7.17. The molecule has 0 aliphatic heterocycles. The predicted octanol–water partition coefficient (Wildman–Crippen LogP) is 3.29. The summed E-state index contributed by atoms with van der Waals surface area (Å²) >= 11 is 0. The number of ketones is 1. The van der Waals surface area contributed by atoms with Crippen LogP contribution >= 0.6 is 0 Å². The van der Waals surface area contributed by atoms with Gasteiger partial charge in [-0.25, -0.2) is 4.79 Å². The van der Waals surface area contributed by atoms with E-state index in [-0.39, 0.29) is 30.1 Å². The highest BCUT2D eigenvalue weighted by atomic mass is 16.5. The largest absolute Gasteiger partial charge is 0.461 e. The second kappa shape index (κ2) is 7.66. The molecular weight excluding hydrogens is 360 g/mol. The smallest absolute Gasteiger partial charge is 0.355 e. The molecule has 150 valence electrons. The third kappa shape index (κ3) is 3.37. The predicted molar refractivity (Wildman–Crippen MR) is 103 cm³/mol. The van der Waals surface area contributed by atoms with Gasteiger partial charge in [-0.3, -0.25) is 9.59 Å². The summed E-state index contributed by atoms with van der Waals surface area (Å²) in [6, 6.07) is 2.62. The van der Waals surface area contributed by atoms with E-state index in [1.807, 2.05) is 0 Å². The minimum Gasteiger partial charge on any atom is -0.461 e. The molecule has 0 radical (unpaired) electrons. The highest BCUT2D eigenvalue weighted by Gasteiger charge is 2.41. The Kier molecular flexibility index (Phi) is 5.45. The van der Waals surface area contributed by atoms with Crippen molar-refractivity contribution in [3.05, 3.63) is 46.7 Å². The van der Waals surface area contributed by atoms with Gasteiger partial charge in [-0.2, -0.15) is 0 Å². The number of aromatic nitrogens is 1. The van der Waals surface area contributed by atoms with Crippen LogP contribution in [0.3, 0.4) is 0 Å². The molecule has 0 saturated heterocycles. The Labute approximate surface area is 164 Å². The first kappa shape index (κ1) is 19.9. The summed E-state index contributed by atoms with van der Waals surface area (Å²) in [5.74, 6) is -0.707. The van der Waals surface area contributed by atoms with Crippen LogP contribution < -0.4 is 0 Å². The number of furan rings is 1. The lowest BCUT2D eigenvalue weighted by Gasteiger charge is -2.28. The number of esters is 1. The Morgan fingerprint density at radius 3 is 2.54 bits per heavy atom. The van der Waals surface area contributed by atoms with Gasteiger partial charge in [0.1, 0.15) is 5.69 Å². The number of rotatable bonds is 7. The third-order valence-corrected chi connectivity index (χ3v) is 5.35. The Hall–Kier alpha value is -2.83. The summed E-state index contributed by atoms with van der Waals surface area (Å²) in [5, 5.41) is 0. The van der Waals surface area contributed by atoms with Crippen molar-refractivity contribution in [3.8, 4) is 0 Å². The number of carbonyl (C=O) groups is 3. The summed E-state index contributed by atoms with van der Waals surface area (Å²) < 4.78 is 12.1. The summed E-state index contributed by atoms with van der Waals surface area (Å²) in [7, 11) is 1.74. The zero-order valence-electron chi connectivity index (χ0n) is 16.9. The van der Waals surface area contributed by atoms with Crippen LogP contribution in [0, 0.1) is 13.8 Å². The molecule has 2 heterocycles. The topological polar surface area (TPSA) is 81.8 Å². The SMILES string of the molecule is CCOC(=O)c1c(C)c(C(=O)C(C)N(C(=O)c2ccco2)C2CC2)c(C)n1C. The van der Waals surface area contributed by atoms with E-state index < -0.39 is 12.0 Å². The van der Waals surface area contributed by atoms with Gasteiger partial charge in [-0.05, 0) is 58.2 Å². The van der Waals surface area contributed by atoms with E-state index in [4.69, 9.17) is 9.15 Å². The van der Waals surface area contributed by atoms with E-state index in [0.29, 0.717) is 22.5 Å². The van der Waals surface area contributed by atoms with Crippen LogP contribution in [0.4, 0.5) is 0 Å². The van der Waals surface area contributed by atoms with Crippen molar-refractivity contribution >= 4 is 17.7 Å². The van der Waals surface area contributed by atoms with E-state index in [2.05, 4.69) is 0 Å². The average molecular weight is 386 g/mol. The minimum absolute atomic E-state index is 0.0328. The van der Waals surface area contributed by atoms with Crippen molar-refractivity contribution < 1.29 is 23.5 Å². The molecule has 1 fully saturated rings. The van der Waals surface area contributed by atoms with E-state index in [1.54, 1.807) is 56.3 Å². The van der Waals surface area contributed by atoms with Gasteiger partial charge in [0.25, 0.3) is 5.91 Å². The molecule has 3 rings (SSSR count). The van der Waals surface area contributed by atoms with Gasteiger partial charge in [0, 0.05) is 24.3 Å². The van der Waals surface area contributed by atoms with Gasteiger partial charge in [0.05, 0.1) is 18.9 Å². The summed E-state index contributed by atoms with van der Waals surface area (Å²) in [6.45, 7) is 7.28. The van der Waals surface area contributed by atoms with Crippen LogP contribution in [0.2, 0.25) is 0 Å². The van der Waals surface area contributed by atoms with Crippen molar-refractivity contribution in [3.63, 3.8) is 0 Å². The van der Waals surface area contributed by atoms with E-state index in [0.717, 1.165) is 12.8 Å². The van der Waals surface area contributed by atoms with Crippen molar-refractivity contribution in [2.24, 2.45) is 7.05 Å². The first-order valence-electron chi connectivity index (χ1n) is 9.52. The number of amides is 1. The Morgan fingerprint density at radius 1 is 1.32 bits per heavy atom. The highest BCUT2D eigenvalue weighted by Crippen LogP contribution is 2.32. The van der Waals surface area contributed by atoms with Crippen LogP contribution in [0.1, 0.15) is 69.3 Å². The molecule has 1 aliphatic rings. The second-order valence-electron chi connectivity index (χ2n) is 7.17. The molecule has 0 N–H and O–H groups in total. The van der Waals surface area contributed by atoms with Gasteiger partial charge in [-0.15, -0.1) is 0 Å². The zero-order valence-corrected chi connectivity index (χ0v) is 16.9. The highest BCUT2D eigenvalue weighted by molar-refractivity contribution is 6.07. The van der Waals surface area contributed by atoms with Gasteiger partial charge in [-0.1, -0.05) is 0 Å². The number of hydrogen-bond acceptors (Lipinski definition) is 5. The van der Waals surface area contributed by atoms with Crippen LogP contribution in [-0.2, 0) is 11.8 Å².